The van der Waals surface area contributed by atoms with E-state index in [1.54, 1.807) is 18.5 Å². The first-order valence-electron chi connectivity index (χ1n) is 10.4. The topological polar surface area (TPSA) is 93.4 Å². The molecule has 4 rings (SSSR count). The number of hydrogen-bond donors (Lipinski definition) is 2. The number of nitrogens with two attached hydrogens (primary N) is 1. The van der Waals surface area contributed by atoms with E-state index in [4.69, 9.17) is 10.5 Å². The summed E-state index contributed by atoms with van der Waals surface area (Å²) in [6, 6.07) is 6.08. The van der Waals surface area contributed by atoms with Crippen molar-refractivity contribution in [2.24, 2.45) is 11.1 Å². The predicted octanol–water partition coefficient (Wildman–Crippen LogP) is 2.94. The normalized spacial score (nSPS) is 20.7. The number of hydrogen-bond acceptors (Lipinski definition) is 6. The SMILES string of the molecule is CC1c2cc(N3CCOCC3)c(NC(=O)C(=CN)c3ncccn3)cc2CC1(C)C. The highest BCUT2D eigenvalue weighted by Crippen LogP contribution is 2.49. The molecule has 1 aromatic heterocycles. The molecule has 30 heavy (non-hydrogen) atoms. The monoisotopic (exact) mass is 407 g/mol. The molecule has 1 amide bonds. The van der Waals surface area contributed by atoms with E-state index in [1.807, 2.05) is 0 Å². The van der Waals surface area contributed by atoms with Crippen LogP contribution in [0, 0.1) is 5.41 Å². The van der Waals surface area contributed by atoms with Gasteiger partial charge in [0.25, 0.3) is 5.91 Å². The lowest BCUT2D eigenvalue weighted by atomic mass is 9.81. The highest BCUT2D eigenvalue weighted by Gasteiger charge is 2.37. The molecule has 1 fully saturated rings. The summed E-state index contributed by atoms with van der Waals surface area (Å²) < 4.78 is 5.53. The van der Waals surface area contributed by atoms with Gasteiger partial charge in [-0.2, -0.15) is 0 Å². The van der Waals surface area contributed by atoms with Crippen molar-refractivity contribution in [2.75, 3.05) is 36.5 Å². The number of nitrogens with zero attached hydrogens (tertiary/aromatic N) is 3. The zero-order valence-electron chi connectivity index (χ0n) is 17.8. The standard InChI is InChI=1S/C23H29N5O2/c1-15-17-12-20(28-7-9-30-10-8-28)19(11-16(17)13-23(15,2)3)27-22(29)18(14-24)21-25-5-4-6-26-21/h4-6,11-12,14-15H,7-10,13,24H2,1-3H3,(H,27,29). The van der Waals surface area contributed by atoms with Crippen LogP contribution >= 0.6 is 0 Å². The van der Waals surface area contributed by atoms with Crippen molar-refractivity contribution in [2.45, 2.75) is 33.1 Å². The van der Waals surface area contributed by atoms with Crippen LogP contribution < -0.4 is 16.0 Å². The van der Waals surface area contributed by atoms with Crippen molar-refractivity contribution in [3.05, 3.63) is 53.7 Å². The fourth-order valence-corrected chi connectivity index (χ4v) is 4.32. The number of nitrogens with one attached hydrogen (secondary N) is 1. The summed E-state index contributed by atoms with van der Waals surface area (Å²) in [5.74, 6) is 0.444. The summed E-state index contributed by atoms with van der Waals surface area (Å²) in [6.07, 6.45) is 5.43. The minimum absolute atomic E-state index is 0.188. The first kappa shape index (κ1) is 20.3. The number of anilines is 2. The maximum Gasteiger partial charge on any atom is 0.261 e. The molecule has 7 heteroatoms. The molecule has 1 saturated heterocycles. The molecule has 1 aliphatic heterocycles. The molecule has 158 valence electrons. The Hall–Kier alpha value is -2.93. The minimum atomic E-state index is -0.316. The molecule has 2 aromatic rings. The second-order valence-corrected chi connectivity index (χ2v) is 8.66. The maximum absolute atomic E-state index is 13.1. The molecule has 0 saturated carbocycles. The van der Waals surface area contributed by atoms with E-state index in [0.717, 1.165) is 30.9 Å². The summed E-state index contributed by atoms with van der Waals surface area (Å²) >= 11 is 0. The fraction of sp³-hybridized carbons (Fsp3) is 0.435. The van der Waals surface area contributed by atoms with Gasteiger partial charge in [-0.1, -0.05) is 20.8 Å². The summed E-state index contributed by atoms with van der Waals surface area (Å²) in [6.45, 7) is 9.82. The number of fused-ring (bicyclic) bond motifs is 1. The smallest absolute Gasteiger partial charge is 0.261 e. The Morgan fingerprint density at radius 2 is 1.97 bits per heavy atom. The van der Waals surface area contributed by atoms with Crippen molar-refractivity contribution in [1.82, 2.24) is 9.97 Å². The Morgan fingerprint density at radius 3 is 2.63 bits per heavy atom. The van der Waals surface area contributed by atoms with Gasteiger partial charge in [0.15, 0.2) is 5.82 Å². The van der Waals surface area contributed by atoms with Crippen LogP contribution in [0.3, 0.4) is 0 Å². The largest absolute Gasteiger partial charge is 0.404 e. The highest BCUT2D eigenvalue weighted by atomic mass is 16.5. The lowest BCUT2D eigenvalue weighted by Gasteiger charge is -2.31. The Kier molecular flexibility index (Phi) is 5.47. The average Bonchev–Trinajstić information content (AvgIpc) is 2.97. The van der Waals surface area contributed by atoms with Gasteiger partial charge in [-0.25, -0.2) is 9.97 Å². The van der Waals surface area contributed by atoms with E-state index in [9.17, 15) is 4.79 Å². The van der Waals surface area contributed by atoms with Gasteiger partial charge in [-0.3, -0.25) is 4.79 Å². The van der Waals surface area contributed by atoms with Crippen LogP contribution in [-0.2, 0) is 16.0 Å². The van der Waals surface area contributed by atoms with Crippen molar-refractivity contribution >= 4 is 22.9 Å². The molecule has 1 aromatic carbocycles. The third-order valence-electron chi connectivity index (χ3n) is 6.36. The van der Waals surface area contributed by atoms with Crippen LogP contribution in [0.1, 0.15) is 43.6 Å². The minimum Gasteiger partial charge on any atom is -0.404 e. The zero-order valence-corrected chi connectivity index (χ0v) is 17.8. The van der Waals surface area contributed by atoms with Gasteiger partial charge in [0.2, 0.25) is 0 Å². The number of carbonyl (C=O) groups is 1. The van der Waals surface area contributed by atoms with Crippen LogP contribution in [-0.4, -0.2) is 42.2 Å². The number of rotatable bonds is 4. The second-order valence-electron chi connectivity index (χ2n) is 8.66. The summed E-state index contributed by atoms with van der Waals surface area (Å²) in [5.41, 5.74) is 10.7. The van der Waals surface area contributed by atoms with Gasteiger partial charge in [-0.15, -0.1) is 0 Å². The van der Waals surface area contributed by atoms with Crippen LogP contribution in [0.2, 0.25) is 0 Å². The predicted molar refractivity (Wildman–Crippen MR) is 118 cm³/mol. The lowest BCUT2D eigenvalue weighted by molar-refractivity contribution is -0.111. The quantitative estimate of drug-likeness (QED) is 0.757. The zero-order chi connectivity index (χ0) is 21.3. The molecule has 1 aliphatic carbocycles. The van der Waals surface area contributed by atoms with E-state index in [0.29, 0.717) is 25.0 Å². The lowest BCUT2D eigenvalue weighted by Crippen LogP contribution is -2.37. The Morgan fingerprint density at radius 1 is 1.27 bits per heavy atom. The molecule has 0 radical (unpaired) electrons. The van der Waals surface area contributed by atoms with Crippen molar-refractivity contribution in [1.29, 1.82) is 0 Å². The van der Waals surface area contributed by atoms with E-state index in [2.05, 4.69) is 53.1 Å². The Labute approximate surface area is 177 Å². The Balaban J connectivity index is 1.70. The number of ether oxygens (including phenoxy) is 1. The maximum atomic E-state index is 13.1. The molecular formula is C23H29N5O2. The molecule has 2 aliphatic rings. The third kappa shape index (κ3) is 3.77. The van der Waals surface area contributed by atoms with Gasteiger partial charge < -0.3 is 20.7 Å². The molecule has 0 spiro atoms. The molecule has 3 N–H and O–H groups in total. The van der Waals surface area contributed by atoms with E-state index in [-0.39, 0.29) is 16.9 Å². The van der Waals surface area contributed by atoms with Crippen LogP contribution in [0.4, 0.5) is 11.4 Å². The van der Waals surface area contributed by atoms with Gasteiger partial charge in [-0.05, 0) is 47.1 Å². The molecule has 0 bridgehead atoms. The van der Waals surface area contributed by atoms with Crippen molar-refractivity contribution < 1.29 is 9.53 Å². The van der Waals surface area contributed by atoms with Crippen molar-refractivity contribution in [3.8, 4) is 0 Å². The number of morpholine rings is 1. The Bertz CT molecular complexity index is 965. The second kappa shape index (κ2) is 8.07. The van der Waals surface area contributed by atoms with Gasteiger partial charge in [0.05, 0.1) is 30.2 Å². The number of carbonyl (C=O) groups excluding carboxylic acids is 1. The summed E-state index contributed by atoms with van der Waals surface area (Å²) in [4.78, 5) is 23.7. The summed E-state index contributed by atoms with van der Waals surface area (Å²) in [5, 5.41) is 3.08. The highest BCUT2D eigenvalue weighted by molar-refractivity contribution is 6.24. The molecule has 7 nitrogen and oxygen atoms in total. The van der Waals surface area contributed by atoms with Crippen LogP contribution in [0.25, 0.3) is 5.57 Å². The number of benzene rings is 1. The fourth-order valence-electron chi connectivity index (χ4n) is 4.32. The van der Waals surface area contributed by atoms with E-state index >= 15 is 0 Å². The summed E-state index contributed by atoms with van der Waals surface area (Å²) in [7, 11) is 0. The molecule has 1 atom stereocenters. The van der Waals surface area contributed by atoms with E-state index in [1.165, 1.54) is 17.3 Å². The molecular weight excluding hydrogens is 378 g/mol. The first-order valence-corrected chi connectivity index (χ1v) is 10.4. The molecule has 2 heterocycles. The van der Waals surface area contributed by atoms with Gasteiger partial charge >= 0.3 is 0 Å². The number of aromatic nitrogens is 2. The third-order valence-corrected chi connectivity index (χ3v) is 6.36. The van der Waals surface area contributed by atoms with Crippen LogP contribution in [0.5, 0.6) is 0 Å². The number of amides is 1. The van der Waals surface area contributed by atoms with Gasteiger partial charge in [0, 0.05) is 31.7 Å². The van der Waals surface area contributed by atoms with Crippen LogP contribution in [0.15, 0.2) is 36.8 Å². The van der Waals surface area contributed by atoms with Gasteiger partial charge in [0.1, 0.15) is 0 Å². The molecule has 1 unspecified atom stereocenters. The van der Waals surface area contributed by atoms with Crippen molar-refractivity contribution in [3.63, 3.8) is 0 Å². The van der Waals surface area contributed by atoms with E-state index < -0.39 is 0 Å². The first-order chi connectivity index (χ1) is 14.4. The average molecular weight is 408 g/mol.